The first-order valence-corrected chi connectivity index (χ1v) is 4.70. The molecule has 1 aromatic heterocycles. The van der Waals surface area contributed by atoms with Crippen molar-refractivity contribution in [3.63, 3.8) is 0 Å². The Morgan fingerprint density at radius 1 is 1.60 bits per heavy atom. The minimum atomic E-state index is -2.42. The predicted octanol–water partition coefficient (Wildman–Crippen LogP) is 1.09. The molecule has 0 amide bonds. The Balaban J connectivity index is 2.21. The van der Waals surface area contributed by atoms with E-state index in [1.54, 1.807) is 24.0 Å². The van der Waals surface area contributed by atoms with E-state index in [2.05, 4.69) is 5.10 Å². The highest BCUT2D eigenvalue weighted by atomic mass is 19.3. The maximum atomic E-state index is 11.7. The number of nitrogens with two attached hydrogens (primary N) is 1. The average molecular weight is 219 g/mol. The van der Waals surface area contributed by atoms with Crippen molar-refractivity contribution in [2.24, 2.45) is 12.8 Å². The van der Waals surface area contributed by atoms with Crippen LogP contribution in [0.2, 0.25) is 0 Å². The highest BCUT2D eigenvalue weighted by molar-refractivity contribution is 5.04. The van der Waals surface area contributed by atoms with Crippen molar-refractivity contribution in [1.82, 2.24) is 9.78 Å². The van der Waals surface area contributed by atoms with Gasteiger partial charge in [-0.25, -0.2) is 8.78 Å². The molecule has 0 aromatic carbocycles. The number of rotatable bonds is 6. The van der Waals surface area contributed by atoms with Crippen LogP contribution >= 0.6 is 0 Å². The van der Waals surface area contributed by atoms with Gasteiger partial charge in [0.05, 0.1) is 11.7 Å². The van der Waals surface area contributed by atoms with E-state index in [0.29, 0.717) is 6.42 Å². The van der Waals surface area contributed by atoms with Crippen molar-refractivity contribution in [3.05, 3.63) is 18.0 Å². The molecule has 2 N–H and O–H groups in total. The fraction of sp³-hybridized carbons (Fsp3) is 0.667. The van der Waals surface area contributed by atoms with E-state index in [-0.39, 0.29) is 12.6 Å². The molecule has 0 fully saturated rings. The number of hydrogen-bond acceptors (Lipinski definition) is 3. The van der Waals surface area contributed by atoms with E-state index in [1.165, 1.54) is 0 Å². The van der Waals surface area contributed by atoms with Crippen LogP contribution in [0.1, 0.15) is 18.2 Å². The molecule has 0 saturated carbocycles. The van der Waals surface area contributed by atoms with E-state index in [4.69, 9.17) is 10.5 Å². The highest BCUT2D eigenvalue weighted by Crippen LogP contribution is 2.10. The number of aromatic nitrogens is 2. The molecule has 6 heteroatoms. The van der Waals surface area contributed by atoms with Crippen LogP contribution in [-0.2, 0) is 11.8 Å². The van der Waals surface area contributed by atoms with Gasteiger partial charge in [0, 0.05) is 19.9 Å². The molecule has 15 heavy (non-hydrogen) atoms. The summed E-state index contributed by atoms with van der Waals surface area (Å²) in [6.45, 7) is -0.309. The summed E-state index contributed by atoms with van der Waals surface area (Å²) in [6.07, 6.45) is -0.144. The SMILES string of the molecule is Cn1ccc(C(N)CCOCC(F)F)n1. The Morgan fingerprint density at radius 2 is 2.33 bits per heavy atom. The van der Waals surface area contributed by atoms with Gasteiger partial charge in [0.25, 0.3) is 6.43 Å². The van der Waals surface area contributed by atoms with Crippen molar-refractivity contribution in [3.8, 4) is 0 Å². The second kappa shape index (κ2) is 5.77. The lowest BCUT2D eigenvalue weighted by atomic mass is 10.2. The van der Waals surface area contributed by atoms with Crippen LogP contribution in [-0.4, -0.2) is 29.4 Å². The largest absolute Gasteiger partial charge is 0.375 e. The quantitative estimate of drug-likeness (QED) is 0.729. The monoisotopic (exact) mass is 219 g/mol. The Labute approximate surface area is 87.0 Å². The van der Waals surface area contributed by atoms with Gasteiger partial charge in [-0.3, -0.25) is 4.68 Å². The van der Waals surface area contributed by atoms with Crippen molar-refractivity contribution in [2.75, 3.05) is 13.2 Å². The van der Waals surface area contributed by atoms with Gasteiger partial charge in [-0.15, -0.1) is 0 Å². The molecule has 1 aromatic rings. The van der Waals surface area contributed by atoms with E-state index in [0.717, 1.165) is 5.69 Å². The standard InChI is InChI=1S/C9H15F2N3O/c1-14-4-2-8(13-14)7(12)3-5-15-6-9(10)11/h2,4,7,9H,3,5-6,12H2,1H3. The molecule has 0 aliphatic rings. The zero-order valence-electron chi connectivity index (χ0n) is 8.57. The molecule has 0 aliphatic carbocycles. The zero-order valence-corrected chi connectivity index (χ0v) is 8.57. The van der Waals surface area contributed by atoms with Crippen LogP contribution < -0.4 is 5.73 Å². The first-order valence-electron chi connectivity index (χ1n) is 4.70. The van der Waals surface area contributed by atoms with Crippen LogP contribution in [0.5, 0.6) is 0 Å². The number of ether oxygens (including phenoxy) is 1. The molecule has 0 radical (unpaired) electrons. The molecule has 4 nitrogen and oxygen atoms in total. The maximum absolute atomic E-state index is 11.7. The van der Waals surface area contributed by atoms with Crippen molar-refractivity contribution in [2.45, 2.75) is 18.9 Å². The molecule has 1 atom stereocenters. The van der Waals surface area contributed by atoms with Crippen LogP contribution in [0.3, 0.4) is 0 Å². The first kappa shape index (κ1) is 12.1. The summed E-state index contributed by atoms with van der Waals surface area (Å²) < 4.78 is 29.8. The number of alkyl halides is 2. The second-order valence-corrected chi connectivity index (χ2v) is 3.28. The summed E-state index contributed by atoms with van der Waals surface area (Å²) >= 11 is 0. The molecule has 1 rings (SSSR count). The minimum Gasteiger partial charge on any atom is -0.375 e. The predicted molar refractivity (Wildman–Crippen MR) is 51.6 cm³/mol. The molecule has 86 valence electrons. The van der Waals surface area contributed by atoms with Gasteiger partial charge >= 0.3 is 0 Å². The summed E-state index contributed by atoms with van der Waals surface area (Å²) in [4.78, 5) is 0. The molecule has 0 bridgehead atoms. The minimum absolute atomic E-state index is 0.224. The molecule has 0 spiro atoms. The Morgan fingerprint density at radius 3 is 2.87 bits per heavy atom. The van der Waals surface area contributed by atoms with Crippen molar-refractivity contribution < 1.29 is 13.5 Å². The van der Waals surface area contributed by atoms with E-state index in [1.807, 2.05) is 0 Å². The lowest BCUT2D eigenvalue weighted by Gasteiger charge is -2.08. The van der Waals surface area contributed by atoms with Gasteiger partial charge in [0.1, 0.15) is 6.61 Å². The third-order valence-corrected chi connectivity index (χ3v) is 1.93. The normalized spacial score (nSPS) is 13.4. The lowest BCUT2D eigenvalue weighted by molar-refractivity contribution is 0.0151. The van der Waals surface area contributed by atoms with Crippen LogP contribution in [0, 0.1) is 0 Å². The summed E-state index contributed by atoms with van der Waals surface area (Å²) in [7, 11) is 1.80. The smallest absolute Gasteiger partial charge is 0.261 e. The summed E-state index contributed by atoms with van der Waals surface area (Å²) in [5, 5.41) is 4.11. The number of halogens is 2. The fourth-order valence-corrected chi connectivity index (χ4v) is 1.16. The Bertz CT molecular complexity index is 291. The topological polar surface area (TPSA) is 53.1 Å². The Kier molecular flexibility index (Phi) is 4.64. The highest BCUT2D eigenvalue weighted by Gasteiger charge is 2.09. The fourth-order valence-electron chi connectivity index (χ4n) is 1.16. The third kappa shape index (κ3) is 4.35. The van der Waals surface area contributed by atoms with Gasteiger partial charge in [-0.2, -0.15) is 5.10 Å². The maximum Gasteiger partial charge on any atom is 0.261 e. The Hall–Kier alpha value is -1.01. The zero-order chi connectivity index (χ0) is 11.3. The van der Waals surface area contributed by atoms with E-state index < -0.39 is 13.0 Å². The van der Waals surface area contributed by atoms with Crippen LogP contribution in [0.15, 0.2) is 12.3 Å². The van der Waals surface area contributed by atoms with Crippen LogP contribution in [0.4, 0.5) is 8.78 Å². The van der Waals surface area contributed by atoms with E-state index >= 15 is 0 Å². The van der Waals surface area contributed by atoms with Crippen molar-refractivity contribution >= 4 is 0 Å². The molecule has 1 unspecified atom stereocenters. The van der Waals surface area contributed by atoms with Gasteiger partial charge in [0.2, 0.25) is 0 Å². The second-order valence-electron chi connectivity index (χ2n) is 3.28. The van der Waals surface area contributed by atoms with Crippen LogP contribution in [0.25, 0.3) is 0 Å². The first-order chi connectivity index (χ1) is 7.09. The molecule has 0 aliphatic heterocycles. The molecular formula is C9H15F2N3O. The molecule has 1 heterocycles. The third-order valence-electron chi connectivity index (χ3n) is 1.93. The average Bonchev–Trinajstić information content (AvgIpc) is 2.59. The summed E-state index contributed by atoms with van der Waals surface area (Å²) in [6, 6.07) is 1.54. The van der Waals surface area contributed by atoms with Gasteiger partial charge in [-0.1, -0.05) is 0 Å². The lowest BCUT2D eigenvalue weighted by Crippen LogP contribution is -2.15. The van der Waals surface area contributed by atoms with Gasteiger partial charge in [0.15, 0.2) is 0 Å². The van der Waals surface area contributed by atoms with Crippen molar-refractivity contribution in [1.29, 1.82) is 0 Å². The van der Waals surface area contributed by atoms with E-state index in [9.17, 15) is 8.78 Å². The molecular weight excluding hydrogens is 204 g/mol. The van der Waals surface area contributed by atoms with Gasteiger partial charge < -0.3 is 10.5 Å². The summed E-state index contributed by atoms with van der Waals surface area (Å²) in [5.41, 5.74) is 6.53. The van der Waals surface area contributed by atoms with Gasteiger partial charge in [-0.05, 0) is 12.5 Å². The number of hydrogen-bond donors (Lipinski definition) is 1. The number of aryl methyl sites for hydroxylation is 1. The number of nitrogens with zero attached hydrogens (tertiary/aromatic N) is 2. The summed E-state index contributed by atoms with van der Waals surface area (Å²) in [5.74, 6) is 0. The molecule has 0 saturated heterocycles.